The van der Waals surface area contributed by atoms with Gasteiger partial charge in [-0.1, -0.05) is 19.3 Å². The molecule has 0 radical (unpaired) electrons. The second kappa shape index (κ2) is 8.62. The van der Waals surface area contributed by atoms with E-state index in [-0.39, 0.29) is 5.91 Å². The summed E-state index contributed by atoms with van der Waals surface area (Å²) in [5.41, 5.74) is 0.599. The third-order valence-electron chi connectivity index (χ3n) is 3.79. The first-order valence-corrected chi connectivity index (χ1v) is 7.79. The quantitative estimate of drug-likeness (QED) is 0.758. The molecule has 0 unspecified atom stereocenters. The van der Waals surface area contributed by atoms with Crippen LogP contribution >= 0.6 is 0 Å². The molecule has 2 rings (SSSR count). The molecule has 2 N–H and O–H groups in total. The largest absolute Gasteiger partial charge is 0.385 e. The van der Waals surface area contributed by atoms with E-state index in [1.54, 1.807) is 13.3 Å². The zero-order valence-electron chi connectivity index (χ0n) is 12.7. The highest BCUT2D eigenvalue weighted by molar-refractivity contribution is 5.94. The number of methoxy groups -OCH3 is 1. The van der Waals surface area contributed by atoms with Crippen LogP contribution in [0.2, 0.25) is 0 Å². The van der Waals surface area contributed by atoms with E-state index >= 15 is 0 Å². The molecule has 1 aromatic rings. The van der Waals surface area contributed by atoms with Crippen molar-refractivity contribution in [2.24, 2.45) is 0 Å². The number of ether oxygens (including phenoxy) is 1. The third kappa shape index (κ3) is 5.34. The molecule has 5 heteroatoms. The molecule has 1 fully saturated rings. The smallest absolute Gasteiger partial charge is 0.252 e. The summed E-state index contributed by atoms with van der Waals surface area (Å²) in [6.45, 7) is 1.28. The maximum Gasteiger partial charge on any atom is 0.252 e. The number of pyridine rings is 1. The van der Waals surface area contributed by atoms with Crippen molar-refractivity contribution in [1.82, 2.24) is 10.3 Å². The molecule has 1 aromatic heterocycles. The van der Waals surface area contributed by atoms with E-state index in [1.807, 2.05) is 12.1 Å². The van der Waals surface area contributed by atoms with E-state index in [0.29, 0.717) is 24.8 Å². The summed E-state index contributed by atoms with van der Waals surface area (Å²) in [5, 5.41) is 6.30. The minimum Gasteiger partial charge on any atom is -0.385 e. The van der Waals surface area contributed by atoms with Crippen LogP contribution in [-0.4, -0.2) is 37.2 Å². The van der Waals surface area contributed by atoms with Gasteiger partial charge in [0, 0.05) is 32.5 Å². The molecule has 0 aliphatic heterocycles. The number of hydrogen-bond donors (Lipinski definition) is 2. The van der Waals surface area contributed by atoms with Crippen LogP contribution in [0, 0.1) is 0 Å². The van der Waals surface area contributed by atoms with Crippen molar-refractivity contribution in [1.29, 1.82) is 0 Å². The number of aromatic nitrogens is 1. The number of anilines is 1. The number of carbonyl (C=O) groups is 1. The van der Waals surface area contributed by atoms with E-state index in [1.165, 1.54) is 32.1 Å². The molecular formula is C16H25N3O2. The summed E-state index contributed by atoms with van der Waals surface area (Å²) in [7, 11) is 1.66. The fourth-order valence-electron chi connectivity index (χ4n) is 2.59. The van der Waals surface area contributed by atoms with Gasteiger partial charge >= 0.3 is 0 Å². The van der Waals surface area contributed by atoms with Crippen molar-refractivity contribution in [3.05, 3.63) is 23.9 Å². The van der Waals surface area contributed by atoms with E-state index in [0.717, 1.165) is 12.2 Å². The van der Waals surface area contributed by atoms with Gasteiger partial charge in [-0.25, -0.2) is 4.98 Å². The summed E-state index contributed by atoms with van der Waals surface area (Å²) < 4.78 is 4.95. The van der Waals surface area contributed by atoms with Crippen LogP contribution in [0.4, 0.5) is 5.82 Å². The van der Waals surface area contributed by atoms with Crippen molar-refractivity contribution in [2.75, 3.05) is 25.6 Å². The number of nitrogens with one attached hydrogen (secondary N) is 2. The van der Waals surface area contributed by atoms with Crippen LogP contribution in [0.25, 0.3) is 0 Å². The Bertz CT molecular complexity index is 428. The lowest BCUT2D eigenvalue weighted by atomic mass is 9.95. The van der Waals surface area contributed by atoms with Gasteiger partial charge < -0.3 is 15.4 Å². The Labute approximate surface area is 126 Å². The lowest BCUT2D eigenvalue weighted by Gasteiger charge is -2.23. The van der Waals surface area contributed by atoms with Crippen LogP contribution in [0.3, 0.4) is 0 Å². The summed E-state index contributed by atoms with van der Waals surface area (Å²) in [6, 6.07) is 4.24. The second-order valence-electron chi connectivity index (χ2n) is 5.51. The van der Waals surface area contributed by atoms with Crippen LogP contribution < -0.4 is 10.6 Å². The topological polar surface area (TPSA) is 63.2 Å². The van der Waals surface area contributed by atoms with Crippen LogP contribution in [0.5, 0.6) is 0 Å². The van der Waals surface area contributed by atoms with Gasteiger partial charge in [-0.05, 0) is 31.4 Å². The number of hydrogen-bond acceptors (Lipinski definition) is 4. The van der Waals surface area contributed by atoms with Gasteiger partial charge in [0.1, 0.15) is 5.82 Å². The first-order chi connectivity index (χ1) is 10.3. The van der Waals surface area contributed by atoms with Crippen molar-refractivity contribution in [3.8, 4) is 0 Å². The molecule has 1 heterocycles. The Hall–Kier alpha value is -1.62. The number of carbonyl (C=O) groups excluding carboxylic acids is 1. The molecule has 116 valence electrons. The highest BCUT2D eigenvalue weighted by Gasteiger charge is 2.13. The Balaban J connectivity index is 1.79. The van der Waals surface area contributed by atoms with E-state index in [2.05, 4.69) is 15.6 Å². The molecule has 0 saturated heterocycles. The first kappa shape index (κ1) is 15.8. The molecule has 1 saturated carbocycles. The number of nitrogens with zero attached hydrogens (tertiary/aromatic N) is 1. The van der Waals surface area contributed by atoms with Gasteiger partial charge in [0.05, 0.1) is 5.56 Å². The highest BCUT2D eigenvalue weighted by atomic mass is 16.5. The second-order valence-corrected chi connectivity index (χ2v) is 5.51. The lowest BCUT2D eigenvalue weighted by Crippen LogP contribution is -2.26. The van der Waals surface area contributed by atoms with Crippen LogP contribution in [-0.2, 0) is 4.74 Å². The summed E-state index contributed by atoms with van der Waals surface area (Å²) in [6.07, 6.45) is 8.80. The predicted octanol–water partition coefficient (Wildman–Crippen LogP) is 2.59. The average Bonchev–Trinajstić information content (AvgIpc) is 2.53. The standard InChI is InChI=1S/C16H25N3O2/c1-21-11-5-10-17-16(20)13-8-9-15(18-12-13)19-14-6-3-2-4-7-14/h8-9,12,14H,2-7,10-11H2,1H3,(H,17,20)(H,18,19). The molecule has 0 aromatic carbocycles. The van der Waals surface area contributed by atoms with Gasteiger partial charge in [0.2, 0.25) is 0 Å². The summed E-state index contributed by atoms with van der Waals surface area (Å²) in [5.74, 6) is 0.778. The number of rotatable bonds is 7. The Morgan fingerprint density at radius 1 is 1.33 bits per heavy atom. The maximum atomic E-state index is 11.9. The molecule has 1 amide bonds. The fraction of sp³-hybridized carbons (Fsp3) is 0.625. The zero-order chi connectivity index (χ0) is 14.9. The van der Waals surface area contributed by atoms with Crippen LogP contribution in [0.1, 0.15) is 48.9 Å². The molecule has 0 bridgehead atoms. The average molecular weight is 291 g/mol. The van der Waals surface area contributed by atoms with Crippen molar-refractivity contribution < 1.29 is 9.53 Å². The van der Waals surface area contributed by atoms with E-state index in [9.17, 15) is 4.79 Å². The van der Waals surface area contributed by atoms with Gasteiger partial charge in [-0.15, -0.1) is 0 Å². The van der Waals surface area contributed by atoms with Crippen LogP contribution in [0.15, 0.2) is 18.3 Å². The van der Waals surface area contributed by atoms with Crippen molar-refractivity contribution >= 4 is 11.7 Å². The minimum absolute atomic E-state index is 0.0807. The van der Waals surface area contributed by atoms with E-state index in [4.69, 9.17) is 4.74 Å². The van der Waals surface area contributed by atoms with Crippen molar-refractivity contribution in [3.63, 3.8) is 0 Å². The Morgan fingerprint density at radius 3 is 2.81 bits per heavy atom. The maximum absolute atomic E-state index is 11.9. The fourth-order valence-corrected chi connectivity index (χ4v) is 2.59. The SMILES string of the molecule is COCCCNC(=O)c1ccc(NC2CCCCC2)nc1. The first-order valence-electron chi connectivity index (χ1n) is 7.79. The summed E-state index contributed by atoms with van der Waals surface area (Å²) >= 11 is 0. The Kier molecular flexibility index (Phi) is 6.47. The summed E-state index contributed by atoms with van der Waals surface area (Å²) in [4.78, 5) is 16.2. The van der Waals surface area contributed by atoms with Gasteiger partial charge in [0.15, 0.2) is 0 Å². The zero-order valence-corrected chi connectivity index (χ0v) is 12.7. The molecule has 21 heavy (non-hydrogen) atoms. The highest BCUT2D eigenvalue weighted by Crippen LogP contribution is 2.20. The van der Waals surface area contributed by atoms with Gasteiger partial charge in [-0.2, -0.15) is 0 Å². The van der Waals surface area contributed by atoms with Gasteiger partial charge in [0.25, 0.3) is 5.91 Å². The molecule has 0 atom stereocenters. The lowest BCUT2D eigenvalue weighted by molar-refractivity contribution is 0.0948. The Morgan fingerprint density at radius 2 is 2.14 bits per heavy atom. The molecule has 1 aliphatic rings. The number of amides is 1. The molecular weight excluding hydrogens is 266 g/mol. The molecule has 5 nitrogen and oxygen atoms in total. The molecule has 1 aliphatic carbocycles. The normalized spacial score (nSPS) is 15.7. The third-order valence-corrected chi connectivity index (χ3v) is 3.79. The monoisotopic (exact) mass is 291 g/mol. The van der Waals surface area contributed by atoms with Crippen molar-refractivity contribution in [2.45, 2.75) is 44.6 Å². The minimum atomic E-state index is -0.0807. The van der Waals surface area contributed by atoms with E-state index < -0.39 is 0 Å². The predicted molar refractivity (Wildman–Crippen MR) is 83.6 cm³/mol. The van der Waals surface area contributed by atoms with Gasteiger partial charge in [-0.3, -0.25) is 4.79 Å². The molecule has 0 spiro atoms.